The smallest absolute Gasteiger partial charge is 0.410 e. The molecule has 1 N–H and O–H groups in total. The zero-order valence-corrected chi connectivity index (χ0v) is 11.5. The molecule has 0 radical (unpaired) electrons. The molecule has 5 heteroatoms. The van der Waals surface area contributed by atoms with E-state index < -0.39 is 5.60 Å². The summed E-state index contributed by atoms with van der Waals surface area (Å²) in [6, 6.07) is 0.0716. The van der Waals surface area contributed by atoms with E-state index in [1.54, 1.807) is 11.1 Å². The molecule has 0 aliphatic carbocycles. The maximum Gasteiger partial charge on any atom is 0.410 e. The Hall–Kier alpha value is -1.52. The molecular weight excluding hydrogens is 230 g/mol. The minimum atomic E-state index is -0.451. The zero-order chi connectivity index (χ0) is 13.3. The second kappa shape index (κ2) is 4.63. The second-order valence-electron chi connectivity index (χ2n) is 5.80. The van der Waals surface area contributed by atoms with Crippen LogP contribution in [0.1, 0.15) is 50.9 Å². The summed E-state index contributed by atoms with van der Waals surface area (Å²) in [5, 5.41) is 7.03. The van der Waals surface area contributed by atoms with E-state index in [0.29, 0.717) is 0 Å². The van der Waals surface area contributed by atoms with Gasteiger partial charge in [-0.2, -0.15) is 5.10 Å². The minimum Gasteiger partial charge on any atom is -0.444 e. The van der Waals surface area contributed by atoms with Gasteiger partial charge in [0.25, 0.3) is 0 Å². The third-order valence-corrected chi connectivity index (χ3v) is 3.08. The van der Waals surface area contributed by atoms with Crippen molar-refractivity contribution in [2.24, 2.45) is 0 Å². The Labute approximate surface area is 108 Å². The second-order valence-corrected chi connectivity index (χ2v) is 5.80. The molecule has 18 heavy (non-hydrogen) atoms. The van der Waals surface area contributed by atoms with E-state index in [9.17, 15) is 4.79 Å². The van der Waals surface area contributed by atoms with Crippen molar-refractivity contribution in [3.05, 3.63) is 17.5 Å². The van der Waals surface area contributed by atoms with Gasteiger partial charge in [0.2, 0.25) is 0 Å². The average Bonchev–Trinajstić information content (AvgIpc) is 2.82. The minimum absolute atomic E-state index is 0.0716. The number of rotatable bonds is 1. The first-order valence-electron chi connectivity index (χ1n) is 6.38. The molecule has 1 aliphatic heterocycles. The highest BCUT2D eigenvalue weighted by molar-refractivity contribution is 5.69. The highest BCUT2D eigenvalue weighted by Crippen LogP contribution is 2.33. The maximum atomic E-state index is 12.1. The van der Waals surface area contributed by atoms with Crippen molar-refractivity contribution >= 4 is 6.09 Å². The summed E-state index contributed by atoms with van der Waals surface area (Å²) < 4.78 is 5.44. The Morgan fingerprint density at radius 2 is 2.28 bits per heavy atom. The van der Waals surface area contributed by atoms with Gasteiger partial charge < -0.3 is 4.74 Å². The number of carbonyl (C=O) groups is 1. The first-order valence-corrected chi connectivity index (χ1v) is 6.38. The molecule has 0 saturated carbocycles. The molecule has 1 saturated heterocycles. The molecule has 0 spiro atoms. The van der Waals surface area contributed by atoms with E-state index in [0.717, 1.165) is 30.6 Å². The Morgan fingerprint density at radius 1 is 1.56 bits per heavy atom. The van der Waals surface area contributed by atoms with Crippen LogP contribution in [0, 0.1) is 6.92 Å². The van der Waals surface area contributed by atoms with E-state index in [1.807, 2.05) is 27.7 Å². The predicted octanol–water partition coefficient (Wildman–Crippen LogP) is 2.79. The SMILES string of the molecule is Cc1cn[nH]c1C1CCCN1C(=O)OC(C)(C)C. The van der Waals surface area contributed by atoms with Crippen LogP contribution in [-0.2, 0) is 4.74 Å². The largest absolute Gasteiger partial charge is 0.444 e. The molecule has 1 aromatic rings. The highest BCUT2D eigenvalue weighted by Gasteiger charge is 2.34. The molecule has 5 nitrogen and oxygen atoms in total. The Kier molecular flexibility index (Phi) is 3.32. The summed E-state index contributed by atoms with van der Waals surface area (Å²) in [5.74, 6) is 0. The lowest BCUT2D eigenvalue weighted by atomic mass is 10.1. The highest BCUT2D eigenvalue weighted by atomic mass is 16.6. The first-order chi connectivity index (χ1) is 8.38. The monoisotopic (exact) mass is 251 g/mol. The molecule has 1 aliphatic rings. The number of nitrogens with one attached hydrogen (secondary N) is 1. The van der Waals surface area contributed by atoms with Gasteiger partial charge >= 0.3 is 6.09 Å². The van der Waals surface area contributed by atoms with E-state index >= 15 is 0 Å². The average molecular weight is 251 g/mol. The molecule has 1 atom stereocenters. The molecule has 2 rings (SSSR count). The Balaban J connectivity index is 2.13. The topological polar surface area (TPSA) is 58.2 Å². The third-order valence-electron chi connectivity index (χ3n) is 3.08. The number of ether oxygens (including phenoxy) is 1. The normalized spacial score (nSPS) is 20.2. The Morgan fingerprint density at radius 3 is 2.83 bits per heavy atom. The number of likely N-dealkylation sites (tertiary alicyclic amines) is 1. The molecule has 1 amide bonds. The van der Waals surface area contributed by atoms with Crippen LogP contribution in [0.2, 0.25) is 0 Å². The van der Waals surface area contributed by atoms with Crippen LogP contribution < -0.4 is 0 Å². The first kappa shape index (κ1) is 12.9. The molecule has 1 fully saturated rings. The van der Waals surface area contributed by atoms with Crippen molar-refractivity contribution < 1.29 is 9.53 Å². The van der Waals surface area contributed by atoms with Gasteiger partial charge in [-0.3, -0.25) is 10.00 Å². The van der Waals surface area contributed by atoms with Gasteiger partial charge in [-0.1, -0.05) is 0 Å². The number of aryl methyl sites for hydroxylation is 1. The summed E-state index contributed by atoms with van der Waals surface area (Å²) in [6.07, 6.45) is 3.52. The van der Waals surface area contributed by atoms with Crippen molar-refractivity contribution in [2.75, 3.05) is 6.54 Å². The van der Waals surface area contributed by atoms with E-state index in [-0.39, 0.29) is 12.1 Å². The van der Waals surface area contributed by atoms with Gasteiger partial charge in [-0.25, -0.2) is 4.79 Å². The number of hydrogen-bond acceptors (Lipinski definition) is 3. The van der Waals surface area contributed by atoms with Crippen LogP contribution in [0.4, 0.5) is 4.79 Å². The quantitative estimate of drug-likeness (QED) is 0.835. The molecule has 0 aromatic carbocycles. The fourth-order valence-corrected chi connectivity index (χ4v) is 2.30. The van der Waals surface area contributed by atoms with Crippen molar-refractivity contribution in [2.45, 2.75) is 52.2 Å². The summed E-state index contributed by atoms with van der Waals surface area (Å²) in [4.78, 5) is 13.9. The van der Waals surface area contributed by atoms with Gasteiger partial charge in [0, 0.05) is 6.54 Å². The lowest BCUT2D eigenvalue weighted by molar-refractivity contribution is 0.0221. The number of hydrogen-bond donors (Lipinski definition) is 1. The van der Waals surface area contributed by atoms with Crippen molar-refractivity contribution in [3.63, 3.8) is 0 Å². The van der Waals surface area contributed by atoms with E-state index in [2.05, 4.69) is 10.2 Å². The summed E-state index contributed by atoms with van der Waals surface area (Å²) >= 11 is 0. The van der Waals surface area contributed by atoms with E-state index in [4.69, 9.17) is 4.74 Å². The van der Waals surface area contributed by atoms with Crippen LogP contribution in [0.15, 0.2) is 6.20 Å². The standard InChI is InChI=1S/C13H21N3O2/c1-9-8-14-15-11(9)10-6-5-7-16(10)12(17)18-13(2,3)4/h8,10H,5-7H2,1-4H3,(H,14,15). The molecular formula is C13H21N3O2. The summed E-state index contributed by atoms with van der Waals surface area (Å²) in [7, 11) is 0. The van der Waals surface area contributed by atoms with Gasteiger partial charge in [0.1, 0.15) is 5.60 Å². The molecule has 2 heterocycles. The number of H-pyrrole nitrogens is 1. The molecule has 0 bridgehead atoms. The zero-order valence-electron chi connectivity index (χ0n) is 11.5. The molecule has 1 aromatic heterocycles. The Bertz CT molecular complexity index is 434. The van der Waals surface area contributed by atoms with Gasteiger partial charge in [-0.15, -0.1) is 0 Å². The van der Waals surface area contributed by atoms with Gasteiger partial charge in [-0.05, 0) is 46.1 Å². The van der Waals surface area contributed by atoms with Gasteiger partial charge in [0.15, 0.2) is 0 Å². The van der Waals surface area contributed by atoms with Crippen LogP contribution in [0.25, 0.3) is 0 Å². The fraction of sp³-hybridized carbons (Fsp3) is 0.692. The van der Waals surface area contributed by atoms with Crippen molar-refractivity contribution in [1.82, 2.24) is 15.1 Å². The molecule has 100 valence electrons. The number of amides is 1. The molecule has 1 unspecified atom stereocenters. The number of nitrogens with zero attached hydrogens (tertiary/aromatic N) is 2. The maximum absolute atomic E-state index is 12.1. The van der Waals surface area contributed by atoms with Crippen molar-refractivity contribution in [1.29, 1.82) is 0 Å². The number of aromatic amines is 1. The lowest BCUT2D eigenvalue weighted by Crippen LogP contribution is -2.36. The van der Waals surface area contributed by atoms with Crippen LogP contribution in [-0.4, -0.2) is 33.3 Å². The third kappa shape index (κ3) is 2.66. The van der Waals surface area contributed by atoms with Crippen LogP contribution in [0.3, 0.4) is 0 Å². The van der Waals surface area contributed by atoms with Gasteiger partial charge in [0.05, 0.1) is 17.9 Å². The summed E-state index contributed by atoms with van der Waals surface area (Å²) in [5.41, 5.74) is 1.67. The number of carbonyl (C=O) groups excluding carboxylic acids is 1. The van der Waals surface area contributed by atoms with Crippen molar-refractivity contribution in [3.8, 4) is 0 Å². The summed E-state index contributed by atoms with van der Waals surface area (Å²) in [6.45, 7) is 8.41. The predicted molar refractivity (Wildman–Crippen MR) is 68.2 cm³/mol. The van der Waals surface area contributed by atoms with E-state index in [1.165, 1.54) is 0 Å². The fourth-order valence-electron chi connectivity index (χ4n) is 2.30. The van der Waals surface area contributed by atoms with Crippen LogP contribution >= 0.6 is 0 Å². The number of aromatic nitrogens is 2. The van der Waals surface area contributed by atoms with Crippen LogP contribution in [0.5, 0.6) is 0 Å². The lowest BCUT2D eigenvalue weighted by Gasteiger charge is -2.28.